The third-order valence-electron chi connectivity index (χ3n) is 5.27. The van der Waals surface area contributed by atoms with Crippen LogP contribution < -0.4 is 4.90 Å². The summed E-state index contributed by atoms with van der Waals surface area (Å²) in [6, 6.07) is 13.6. The number of amides is 1. The van der Waals surface area contributed by atoms with E-state index in [2.05, 4.69) is 22.0 Å². The highest BCUT2D eigenvalue weighted by atomic mass is 79.9. The topological polar surface area (TPSA) is 37.4 Å². The van der Waals surface area contributed by atoms with Crippen LogP contribution in [0.1, 0.15) is 42.7 Å². The van der Waals surface area contributed by atoms with Crippen molar-refractivity contribution in [3.05, 3.63) is 74.4 Å². The Morgan fingerprint density at radius 3 is 2.67 bits per heavy atom. The number of rotatable bonds is 2. The molecule has 1 heterocycles. The van der Waals surface area contributed by atoms with Crippen molar-refractivity contribution in [3.8, 4) is 0 Å². The molecule has 0 saturated carbocycles. The Morgan fingerprint density at radius 2 is 1.93 bits per heavy atom. The van der Waals surface area contributed by atoms with Gasteiger partial charge < -0.3 is 0 Å². The number of carbonyl (C=O) groups excluding carboxylic acids is 2. The predicted octanol–water partition coefficient (Wildman–Crippen LogP) is 5.94. The van der Waals surface area contributed by atoms with Gasteiger partial charge in [0.2, 0.25) is 5.91 Å². The molecule has 2 aromatic carbocycles. The quantitative estimate of drug-likeness (QED) is 0.575. The van der Waals surface area contributed by atoms with Crippen molar-refractivity contribution in [1.29, 1.82) is 0 Å². The molecule has 5 heteroatoms. The van der Waals surface area contributed by atoms with Gasteiger partial charge in [0.15, 0.2) is 5.78 Å². The number of anilines is 1. The number of hydrogen-bond donors (Lipinski definition) is 0. The number of halogens is 2. The summed E-state index contributed by atoms with van der Waals surface area (Å²) in [6.07, 6.45) is 2.29. The van der Waals surface area contributed by atoms with Crippen molar-refractivity contribution in [2.75, 3.05) is 4.90 Å². The Morgan fingerprint density at radius 1 is 1.11 bits per heavy atom. The minimum absolute atomic E-state index is 0.0146. The lowest BCUT2D eigenvalue weighted by Gasteiger charge is -2.38. The molecule has 0 N–H and O–H groups in total. The molecule has 138 valence electrons. The predicted molar refractivity (Wildman–Crippen MR) is 111 cm³/mol. The van der Waals surface area contributed by atoms with Gasteiger partial charge in [-0.05, 0) is 43.5 Å². The minimum atomic E-state index is -0.175. The van der Waals surface area contributed by atoms with Gasteiger partial charge in [-0.3, -0.25) is 14.5 Å². The van der Waals surface area contributed by atoms with Crippen LogP contribution in [0.2, 0.25) is 5.02 Å². The molecule has 2 aliphatic rings. The van der Waals surface area contributed by atoms with Crippen LogP contribution in [0.15, 0.2) is 58.2 Å². The minimum Gasteiger partial charge on any atom is -0.294 e. The Balaban J connectivity index is 1.88. The number of benzene rings is 2. The van der Waals surface area contributed by atoms with Crippen molar-refractivity contribution in [2.24, 2.45) is 0 Å². The van der Waals surface area contributed by atoms with Gasteiger partial charge in [0, 0.05) is 34.5 Å². The fourth-order valence-electron chi connectivity index (χ4n) is 4.11. The van der Waals surface area contributed by atoms with E-state index < -0.39 is 0 Å². The van der Waals surface area contributed by atoms with E-state index in [9.17, 15) is 9.59 Å². The van der Waals surface area contributed by atoms with Crippen molar-refractivity contribution in [1.82, 2.24) is 0 Å². The largest absolute Gasteiger partial charge is 0.294 e. The number of allylic oxidation sites excluding steroid dienone is 2. The molecule has 27 heavy (non-hydrogen) atoms. The average molecular weight is 445 g/mol. The second-order valence-electron chi connectivity index (χ2n) is 7.13. The monoisotopic (exact) mass is 443 g/mol. The molecule has 1 atom stereocenters. The maximum absolute atomic E-state index is 13.2. The molecule has 4 rings (SSSR count). The van der Waals surface area contributed by atoms with E-state index in [0.29, 0.717) is 23.6 Å². The van der Waals surface area contributed by atoms with E-state index in [0.717, 1.165) is 33.3 Å². The molecule has 1 aliphatic heterocycles. The molecule has 2 aromatic rings. The van der Waals surface area contributed by atoms with Crippen LogP contribution in [0.25, 0.3) is 0 Å². The van der Waals surface area contributed by atoms with Crippen molar-refractivity contribution < 1.29 is 9.59 Å². The van der Waals surface area contributed by atoms with Crippen molar-refractivity contribution >= 4 is 44.9 Å². The highest BCUT2D eigenvalue weighted by Crippen LogP contribution is 2.45. The van der Waals surface area contributed by atoms with Crippen LogP contribution in [0.3, 0.4) is 0 Å². The molecule has 0 bridgehead atoms. The van der Waals surface area contributed by atoms with Gasteiger partial charge in [0.05, 0.1) is 10.7 Å². The second-order valence-corrected chi connectivity index (χ2v) is 8.46. The maximum Gasteiger partial charge on any atom is 0.232 e. The van der Waals surface area contributed by atoms with E-state index in [4.69, 9.17) is 11.6 Å². The highest BCUT2D eigenvalue weighted by molar-refractivity contribution is 9.10. The summed E-state index contributed by atoms with van der Waals surface area (Å²) >= 11 is 9.85. The second kappa shape index (κ2) is 7.25. The zero-order valence-corrected chi connectivity index (χ0v) is 17.3. The third-order valence-corrected chi connectivity index (χ3v) is 6.07. The Hall–Kier alpha value is -1.91. The van der Waals surface area contributed by atoms with Crippen LogP contribution in [0.5, 0.6) is 0 Å². The van der Waals surface area contributed by atoms with Gasteiger partial charge in [0.1, 0.15) is 0 Å². The molecule has 0 saturated heterocycles. The third kappa shape index (κ3) is 3.37. The number of ketones is 1. The zero-order chi connectivity index (χ0) is 19.1. The van der Waals surface area contributed by atoms with Crippen molar-refractivity contribution in [3.63, 3.8) is 0 Å². The number of hydrogen-bond acceptors (Lipinski definition) is 2. The summed E-state index contributed by atoms with van der Waals surface area (Å²) in [5, 5.41) is 0.497. The van der Waals surface area contributed by atoms with Gasteiger partial charge in [-0.1, -0.05) is 57.4 Å². The van der Waals surface area contributed by atoms with Crippen LogP contribution in [-0.4, -0.2) is 11.7 Å². The van der Waals surface area contributed by atoms with Crippen molar-refractivity contribution in [2.45, 2.75) is 38.5 Å². The van der Waals surface area contributed by atoms with Gasteiger partial charge in [-0.2, -0.15) is 0 Å². The molecule has 0 fully saturated rings. The van der Waals surface area contributed by atoms with Gasteiger partial charge >= 0.3 is 0 Å². The van der Waals surface area contributed by atoms with E-state index >= 15 is 0 Å². The average Bonchev–Trinajstić information content (AvgIpc) is 2.62. The molecule has 1 aliphatic carbocycles. The molecule has 3 nitrogen and oxygen atoms in total. The Bertz CT molecular complexity index is 982. The summed E-state index contributed by atoms with van der Waals surface area (Å²) in [7, 11) is 0. The highest BCUT2D eigenvalue weighted by Gasteiger charge is 2.40. The lowest BCUT2D eigenvalue weighted by atomic mass is 9.77. The number of nitrogens with zero attached hydrogens (tertiary/aromatic N) is 1. The van der Waals surface area contributed by atoms with Gasteiger partial charge in [0.25, 0.3) is 0 Å². The van der Waals surface area contributed by atoms with E-state index in [1.165, 1.54) is 0 Å². The van der Waals surface area contributed by atoms with Crippen LogP contribution >= 0.6 is 27.5 Å². The maximum atomic E-state index is 13.2. The first-order chi connectivity index (χ1) is 13.0. The lowest BCUT2D eigenvalue weighted by molar-refractivity contribution is -0.119. The molecule has 0 spiro atoms. The first-order valence-electron chi connectivity index (χ1n) is 9.06. The number of carbonyl (C=O) groups is 2. The number of aryl methyl sites for hydroxylation is 1. The van der Waals surface area contributed by atoms with Crippen LogP contribution in [0.4, 0.5) is 5.69 Å². The number of Topliss-reactive ketones (excluding diaryl/α,β-unsaturated/α-hetero) is 1. The van der Waals surface area contributed by atoms with Gasteiger partial charge in [-0.25, -0.2) is 0 Å². The molecular weight excluding hydrogens is 426 g/mol. The van der Waals surface area contributed by atoms with E-state index in [-0.39, 0.29) is 24.0 Å². The first kappa shape index (κ1) is 18.5. The SMILES string of the molecule is Cc1cccc(C2CC(=O)N(c3ccc(Br)cc3Cl)C3=C2C(=O)CCC3)c1. The summed E-state index contributed by atoms with van der Waals surface area (Å²) in [4.78, 5) is 27.7. The fraction of sp³-hybridized carbons (Fsp3) is 0.273. The molecule has 1 amide bonds. The van der Waals surface area contributed by atoms with Crippen LogP contribution in [-0.2, 0) is 9.59 Å². The lowest BCUT2D eigenvalue weighted by Crippen LogP contribution is -2.40. The Labute approximate surface area is 172 Å². The summed E-state index contributed by atoms with van der Waals surface area (Å²) in [6.45, 7) is 2.03. The summed E-state index contributed by atoms with van der Waals surface area (Å²) in [5.74, 6) is -0.0432. The standard InChI is InChI=1S/C22H19BrClNO2/c1-13-4-2-5-14(10-13)16-12-21(27)25(18-9-8-15(23)11-17(18)24)19-6-3-7-20(26)22(16)19/h2,4-5,8-11,16H,3,6-7,12H2,1H3. The molecule has 0 aromatic heterocycles. The summed E-state index contributed by atoms with van der Waals surface area (Å²) < 4.78 is 0.854. The van der Waals surface area contributed by atoms with E-state index in [1.54, 1.807) is 11.0 Å². The first-order valence-corrected chi connectivity index (χ1v) is 10.2. The smallest absolute Gasteiger partial charge is 0.232 e. The summed E-state index contributed by atoms with van der Waals surface area (Å²) in [5.41, 5.74) is 4.41. The Kier molecular flexibility index (Phi) is 4.95. The fourth-order valence-corrected chi connectivity index (χ4v) is 4.86. The zero-order valence-electron chi connectivity index (χ0n) is 15.0. The van der Waals surface area contributed by atoms with E-state index in [1.807, 2.05) is 37.3 Å². The normalized spacial score (nSPS) is 20.1. The molecule has 1 unspecified atom stereocenters. The van der Waals surface area contributed by atoms with Gasteiger partial charge in [-0.15, -0.1) is 0 Å². The molecular formula is C22H19BrClNO2. The van der Waals surface area contributed by atoms with Crippen LogP contribution in [0, 0.1) is 6.92 Å². The molecule has 0 radical (unpaired) electrons.